The fraction of sp³-hybridized carbons (Fsp3) is 0.250. The van der Waals surface area contributed by atoms with Crippen molar-refractivity contribution in [3.05, 3.63) is 70.1 Å². The normalized spacial score (nSPS) is 11.5. The van der Waals surface area contributed by atoms with E-state index < -0.39 is 10.0 Å². The van der Waals surface area contributed by atoms with Gasteiger partial charge in [0.1, 0.15) is 16.6 Å². The maximum absolute atomic E-state index is 12.6. The summed E-state index contributed by atoms with van der Waals surface area (Å²) in [6, 6.07) is 14.2. The number of aromatic nitrogens is 1. The van der Waals surface area contributed by atoms with E-state index in [1.165, 1.54) is 11.3 Å². The number of thiophene rings is 1. The number of rotatable bonds is 8. The largest absolute Gasteiger partial charge is 0.492 e. The molecule has 0 unspecified atom stereocenters. The average molecular weight is 419 g/mol. The Labute approximate surface area is 168 Å². The van der Waals surface area contributed by atoms with Gasteiger partial charge in [0.05, 0.1) is 0 Å². The van der Waals surface area contributed by atoms with Gasteiger partial charge in [0.2, 0.25) is 15.6 Å². The summed E-state index contributed by atoms with van der Waals surface area (Å²) >= 11 is 1.18. The maximum Gasteiger partial charge on any atom is 0.250 e. The Morgan fingerprint density at radius 1 is 1.14 bits per heavy atom. The van der Waals surface area contributed by atoms with E-state index in [4.69, 9.17) is 4.74 Å². The monoisotopic (exact) mass is 418 g/mol. The molecular formula is C20H22N2O4S2. The van der Waals surface area contributed by atoms with Gasteiger partial charge in [-0.25, -0.2) is 13.1 Å². The molecule has 3 rings (SSSR count). The summed E-state index contributed by atoms with van der Waals surface area (Å²) in [4.78, 5) is 15.3. The van der Waals surface area contributed by atoms with Crippen molar-refractivity contribution in [2.24, 2.45) is 0 Å². The molecule has 0 saturated carbocycles. The molecule has 0 atom stereocenters. The highest BCUT2D eigenvalue weighted by atomic mass is 32.2. The van der Waals surface area contributed by atoms with Crippen LogP contribution in [0.1, 0.15) is 18.2 Å². The van der Waals surface area contributed by atoms with Crippen molar-refractivity contribution in [1.82, 2.24) is 9.71 Å². The molecule has 8 heteroatoms. The quantitative estimate of drug-likeness (QED) is 0.549. The SMILES string of the molecule is CCc1cc(=O)[nH]c(C)c1-c1ccc(S(=O)(=O)NCCOc2ccccc2)s1. The van der Waals surface area contributed by atoms with Gasteiger partial charge in [0.25, 0.3) is 0 Å². The predicted octanol–water partition coefficient (Wildman–Crippen LogP) is 3.33. The van der Waals surface area contributed by atoms with Gasteiger partial charge < -0.3 is 9.72 Å². The Morgan fingerprint density at radius 3 is 2.61 bits per heavy atom. The van der Waals surface area contributed by atoms with E-state index in [9.17, 15) is 13.2 Å². The Bertz CT molecular complexity index is 1100. The van der Waals surface area contributed by atoms with Crippen LogP contribution in [0.2, 0.25) is 0 Å². The standard InChI is InChI=1S/C20H22N2O4S2/c1-3-15-13-18(23)22-14(2)20(15)17-9-10-19(27-17)28(24,25)21-11-12-26-16-7-5-4-6-8-16/h4-10,13,21H,3,11-12H2,1-2H3,(H,22,23). The molecular weight excluding hydrogens is 396 g/mol. The summed E-state index contributed by atoms with van der Waals surface area (Å²) in [5.74, 6) is 0.695. The number of aryl methyl sites for hydroxylation is 2. The molecule has 0 radical (unpaired) electrons. The summed E-state index contributed by atoms with van der Waals surface area (Å²) in [5, 5.41) is 0. The van der Waals surface area contributed by atoms with Crippen LogP contribution in [0.25, 0.3) is 10.4 Å². The van der Waals surface area contributed by atoms with Crippen LogP contribution >= 0.6 is 11.3 Å². The van der Waals surface area contributed by atoms with Crippen LogP contribution in [0.3, 0.4) is 0 Å². The summed E-state index contributed by atoms with van der Waals surface area (Å²) in [5.41, 5.74) is 2.37. The number of hydrogen-bond acceptors (Lipinski definition) is 5. The van der Waals surface area contributed by atoms with E-state index in [0.717, 1.165) is 21.7 Å². The Balaban J connectivity index is 1.71. The van der Waals surface area contributed by atoms with Gasteiger partial charge in [-0.3, -0.25) is 4.79 Å². The third-order valence-corrected chi connectivity index (χ3v) is 7.25. The highest BCUT2D eigenvalue weighted by molar-refractivity contribution is 7.91. The van der Waals surface area contributed by atoms with Gasteiger partial charge in [0.15, 0.2) is 0 Å². The van der Waals surface area contributed by atoms with Crippen molar-refractivity contribution in [3.8, 4) is 16.2 Å². The number of H-pyrrole nitrogens is 1. The molecule has 0 aliphatic heterocycles. The minimum atomic E-state index is -3.63. The first-order valence-electron chi connectivity index (χ1n) is 8.91. The van der Waals surface area contributed by atoms with Crippen molar-refractivity contribution in [2.75, 3.05) is 13.2 Å². The zero-order valence-corrected chi connectivity index (χ0v) is 17.3. The Morgan fingerprint density at radius 2 is 1.89 bits per heavy atom. The Hall–Kier alpha value is -2.42. The zero-order chi connectivity index (χ0) is 20.1. The van der Waals surface area contributed by atoms with Crippen LogP contribution in [0.15, 0.2) is 57.5 Å². The third kappa shape index (κ3) is 4.70. The molecule has 2 aromatic heterocycles. The van der Waals surface area contributed by atoms with E-state index in [2.05, 4.69) is 9.71 Å². The average Bonchev–Trinajstić information content (AvgIpc) is 3.16. The smallest absolute Gasteiger partial charge is 0.250 e. The topological polar surface area (TPSA) is 88.3 Å². The lowest BCUT2D eigenvalue weighted by atomic mass is 10.0. The van der Waals surface area contributed by atoms with Crippen molar-refractivity contribution in [2.45, 2.75) is 24.5 Å². The van der Waals surface area contributed by atoms with Crippen LogP contribution in [0, 0.1) is 6.92 Å². The van der Waals surface area contributed by atoms with Crippen LogP contribution < -0.4 is 15.0 Å². The highest BCUT2D eigenvalue weighted by Crippen LogP contribution is 2.34. The molecule has 2 N–H and O–H groups in total. The number of hydrogen-bond donors (Lipinski definition) is 2. The summed E-state index contributed by atoms with van der Waals surface area (Å²) < 4.78 is 33.4. The lowest BCUT2D eigenvalue weighted by Crippen LogP contribution is -2.27. The van der Waals surface area contributed by atoms with E-state index in [0.29, 0.717) is 12.2 Å². The highest BCUT2D eigenvalue weighted by Gasteiger charge is 2.19. The number of ether oxygens (including phenoxy) is 1. The molecule has 148 valence electrons. The van der Waals surface area contributed by atoms with E-state index >= 15 is 0 Å². The minimum absolute atomic E-state index is 0.150. The maximum atomic E-state index is 12.6. The number of para-hydroxylation sites is 1. The van der Waals surface area contributed by atoms with E-state index in [1.54, 1.807) is 18.2 Å². The molecule has 0 spiro atoms. The van der Waals surface area contributed by atoms with Crippen LogP contribution in [0.5, 0.6) is 5.75 Å². The van der Waals surface area contributed by atoms with Gasteiger partial charge in [-0.05, 0) is 43.2 Å². The fourth-order valence-electron chi connectivity index (χ4n) is 2.91. The summed E-state index contributed by atoms with van der Waals surface area (Å²) in [6.45, 7) is 4.20. The molecule has 6 nitrogen and oxygen atoms in total. The number of aromatic amines is 1. The third-order valence-electron chi connectivity index (χ3n) is 4.19. The van der Waals surface area contributed by atoms with Crippen LogP contribution in [-0.4, -0.2) is 26.6 Å². The molecule has 0 saturated heterocycles. The first-order valence-corrected chi connectivity index (χ1v) is 11.2. The molecule has 0 bridgehead atoms. The van der Waals surface area contributed by atoms with Crippen LogP contribution in [-0.2, 0) is 16.4 Å². The van der Waals surface area contributed by atoms with Gasteiger partial charge in [0, 0.05) is 28.7 Å². The second kappa shape index (κ2) is 8.72. The number of benzene rings is 1. The second-order valence-electron chi connectivity index (χ2n) is 6.19. The van der Waals surface area contributed by atoms with Gasteiger partial charge in [-0.1, -0.05) is 25.1 Å². The molecule has 1 aromatic carbocycles. The second-order valence-corrected chi connectivity index (χ2v) is 9.27. The molecule has 0 aliphatic carbocycles. The van der Waals surface area contributed by atoms with Crippen molar-refractivity contribution >= 4 is 21.4 Å². The van der Waals surface area contributed by atoms with Gasteiger partial charge in [-0.15, -0.1) is 11.3 Å². The van der Waals surface area contributed by atoms with Crippen LogP contribution in [0.4, 0.5) is 0 Å². The summed E-state index contributed by atoms with van der Waals surface area (Å²) in [7, 11) is -3.63. The molecule has 3 aromatic rings. The minimum Gasteiger partial charge on any atom is -0.492 e. The number of sulfonamides is 1. The first kappa shape index (κ1) is 20.3. The first-order chi connectivity index (χ1) is 13.4. The summed E-state index contributed by atoms with van der Waals surface area (Å²) in [6.07, 6.45) is 0.690. The fourth-order valence-corrected chi connectivity index (χ4v) is 5.41. The lowest BCUT2D eigenvalue weighted by Gasteiger charge is -2.09. The molecule has 2 heterocycles. The van der Waals surface area contributed by atoms with Crippen molar-refractivity contribution < 1.29 is 13.2 Å². The van der Waals surface area contributed by atoms with Gasteiger partial charge in [-0.2, -0.15) is 0 Å². The molecule has 0 amide bonds. The van der Waals surface area contributed by atoms with Crippen molar-refractivity contribution in [1.29, 1.82) is 0 Å². The molecule has 0 aliphatic rings. The van der Waals surface area contributed by atoms with Gasteiger partial charge >= 0.3 is 0 Å². The van der Waals surface area contributed by atoms with Crippen molar-refractivity contribution in [3.63, 3.8) is 0 Å². The predicted molar refractivity (Wildman–Crippen MR) is 112 cm³/mol. The zero-order valence-electron chi connectivity index (χ0n) is 15.7. The number of nitrogens with one attached hydrogen (secondary N) is 2. The molecule has 0 fully saturated rings. The van der Waals surface area contributed by atoms with E-state index in [-0.39, 0.29) is 22.9 Å². The van der Waals surface area contributed by atoms with E-state index in [1.807, 2.05) is 44.2 Å². The molecule has 28 heavy (non-hydrogen) atoms. The Kier molecular flexibility index (Phi) is 6.33. The number of pyridine rings is 1. The lowest BCUT2D eigenvalue weighted by molar-refractivity contribution is 0.323.